The van der Waals surface area contributed by atoms with Crippen LogP contribution in [0.1, 0.15) is 0 Å². The molecule has 3 aromatic rings. The molecule has 0 heterocycles. The third-order valence-electron chi connectivity index (χ3n) is 2.27. The quantitative estimate of drug-likeness (QED) is 0.586. The van der Waals surface area contributed by atoms with Gasteiger partial charge in [-0.15, -0.1) is 0 Å². The number of benzene rings is 3. The molecule has 0 amide bonds. The Balaban J connectivity index is 0.000000299. The molecule has 0 unspecified atom stereocenters. The molecule has 4 nitrogen and oxygen atoms in total. The first-order valence-corrected chi connectivity index (χ1v) is 6.69. The molecule has 0 saturated heterocycles. The van der Waals surface area contributed by atoms with Crippen LogP contribution >= 0.6 is 0 Å². The molecule has 0 aromatic heterocycles. The van der Waals surface area contributed by atoms with E-state index in [1.165, 1.54) is 0 Å². The fourth-order valence-corrected chi connectivity index (χ4v) is 1.28. The summed E-state index contributed by atoms with van der Waals surface area (Å²) in [7, 11) is 0. The molecule has 0 spiro atoms. The van der Waals surface area contributed by atoms with E-state index in [0.717, 1.165) is 0 Å². The lowest BCUT2D eigenvalue weighted by Gasteiger charge is -1.82. The van der Waals surface area contributed by atoms with Crippen LogP contribution in [-0.2, 0) is 4.79 Å². The zero-order chi connectivity index (χ0) is 17.3. The SMILES string of the molecule is C=O.Oc1ccccc1.Oc1ccccc1.Oc1ccccc1. The number of carbonyl (C=O) groups is 1. The van der Waals surface area contributed by atoms with Crippen LogP contribution in [0.2, 0.25) is 0 Å². The number of aromatic hydroxyl groups is 3. The fraction of sp³-hybridized carbons (Fsp3) is 0. The van der Waals surface area contributed by atoms with Gasteiger partial charge in [0.1, 0.15) is 24.0 Å². The largest absolute Gasteiger partial charge is 0.508 e. The van der Waals surface area contributed by atoms with E-state index in [4.69, 9.17) is 20.1 Å². The van der Waals surface area contributed by atoms with Crippen LogP contribution in [0.25, 0.3) is 0 Å². The summed E-state index contributed by atoms with van der Waals surface area (Å²) in [6.45, 7) is 2.00. The van der Waals surface area contributed by atoms with E-state index < -0.39 is 0 Å². The predicted molar refractivity (Wildman–Crippen MR) is 91.4 cm³/mol. The summed E-state index contributed by atoms with van der Waals surface area (Å²) in [5, 5.41) is 25.9. The van der Waals surface area contributed by atoms with Gasteiger partial charge in [0, 0.05) is 0 Å². The van der Waals surface area contributed by atoms with E-state index >= 15 is 0 Å². The molecule has 4 heteroatoms. The summed E-state index contributed by atoms with van der Waals surface area (Å²) in [6.07, 6.45) is 0. The molecule has 3 N–H and O–H groups in total. The maximum Gasteiger partial charge on any atom is 0.115 e. The van der Waals surface area contributed by atoms with Crippen molar-refractivity contribution in [3.63, 3.8) is 0 Å². The Hall–Kier alpha value is -3.27. The van der Waals surface area contributed by atoms with Crippen LogP contribution in [0, 0.1) is 0 Å². The van der Waals surface area contributed by atoms with Gasteiger partial charge < -0.3 is 20.1 Å². The summed E-state index contributed by atoms with van der Waals surface area (Å²) >= 11 is 0. The van der Waals surface area contributed by atoms with Gasteiger partial charge in [-0.3, -0.25) is 0 Å². The van der Waals surface area contributed by atoms with E-state index in [-0.39, 0.29) is 0 Å². The van der Waals surface area contributed by atoms with E-state index in [2.05, 4.69) is 0 Å². The summed E-state index contributed by atoms with van der Waals surface area (Å²) < 4.78 is 0. The second-order valence-electron chi connectivity index (χ2n) is 4.01. The summed E-state index contributed by atoms with van der Waals surface area (Å²) in [6, 6.07) is 26.1. The van der Waals surface area contributed by atoms with Gasteiger partial charge in [0.25, 0.3) is 0 Å². The Labute approximate surface area is 135 Å². The van der Waals surface area contributed by atoms with Gasteiger partial charge in [-0.05, 0) is 36.4 Å². The number of rotatable bonds is 0. The fourth-order valence-electron chi connectivity index (χ4n) is 1.28. The number of phenols is 3. The molecule has 0 fully saturated rings. The van der Waals surface area contributed by atoms with Crippen molar-refractivity contribution in [2.24, 2.45) is 0 Å². The molecule has 0 aliphatic rings. The minimum atomic E-state index is 0.322. The number of phenolic OH excluding ortho intramolecular Hbond substituents is 3. The van der Waals surface area contributed by atoms with E-state index in [1.807, 2.05) is 25.0 Å². The van der Waals surface area contributed by atoms with Crippen molar-refractivity contribution in [3.05, 3.63) is 91.0 Å². The third-order valence-corrected chi connectivity index (χ3v) is 2.27. The molecule has 0 atom stereocenters. The molecule has 120 valence electrons. The van der Waals surface area contributed by atoms with Crippen LogP contribution in [0.5, 0.6) is 17.2 Å². The van der Waals surface area contributed by atoms with Crippen molar-refractivity contribution in [2.45, 2.75) is 0 Å². The standard InChI is InChI=1S/3C6H6O.CH2O/c3*7-6-4-2-1-3-5-6;1-2/h3*1-5,7H;1H2. The van der Waals surface area contributed by atoms with Gasteiger partial charge in [0.15, 0.2) is 0 Å². The van der Waals surface area contributed by atoms with Crippen LogP contribution in [0.4, 0.5) is 0 Å². The number of hydrogen-bond acceptors (Lipinski definition) is 4. The number of hydrogen-bond donors (Lipinski definition) is 3. The average molecular weight is 312 g/mol. The van der Waals surface area contributed by atoms with E-state index in [9.17, 15) is 0 Å². The van der Waals surface area contributed by atoms with Crippen molar-refractivity contribution < 1.29 is 20.1 Å². The van der Waals surface area contributed by atoms with Crippen molar-refractivity contribution in [3.8, 4) is 17.2 Å². The summed E-state index contributed by atoms with van der Waals surface area (Å²) in [4.78, 5) is 8.00. The lowest BCUT2D eigenvalue weighted by Crippen LogP contribution is -1.56. The minimum absolute atomic E-state index is 0.322. The van der Waals surface area contributed by atoms with E-state index in [0.29, 0.717) is 17.2 Å². The summed E-state index contributed by atoms with van der Waals surface area (Å²) in [5.41, 5.74) is 0. The second-order valence-corrected chi connectivity index (χ2v) is 4.01. The Morgan fingerprint density at radius 2 is 0.609 bits per heavy atom. The predicted octanol–water partition coefficient (Wildman–Crippen LogP) is 3.99. The third kappa shape index (κ3) is 12.2. The highest BCUT2D eigenvalue weighted by Gasteiger charge is 1.76. The number of para-hydroxylation sites is 3. The van der Waals surface area contributed by atoms with Crippen molar-refractivity contribution in [1.82, 2.24) is 0 Å². The zero-order valence-corrected chi connectivity index (χ0v) is 12.6. The van der Waals surface area contributed by atoms with Crippen LogP contribution in [0.3, 0.4) is 0 Å². The van der Waals surface area contributed by atoms with Gasteiger partial charge >= 0.3 is 0 Å². The van der Waals surface area contributed by atoms with Gasteiger partial charge in [0.05, 0.1) is 0 Å². The molecule has 0 radical (unpaired) electrons. The van der Waals surface area contributed by atoms with E-state index in [1.54, 1.807) is 72.8 Å². The Morgan fingerprint density at radius 1 is 0.435 bits per heavy atom. The maximum atomic E-state index is 8.63. The van der Waals surface area contributed by atoms with Crippen LogP contribution in [0.15, 0.2) is 91.0 Å². The molecule has 3 rings (SSSR count). The zero-order valence-electron chi connectivity index (χ0n) is 12.6. The molecule has 3 aromatic carbocycles. The minimum Gasteiger partial charge on any atom is -0.508 e. The average Bonchev–Trinajstić information content (AvgIpc) is 2.60. The second kappa shape index (κ2) is 13.7. The lowest BCUT2D eigenvalue weighted by molar-refractivity contribution is -0.0979. The Morgan fingerprint density at radius 3 is 0.696 bits per heavy atom. The monoisotopic (exact) mass is 312 g/mol. The topological polar surface area (TPSA) is 77.8 Å². The van der Waals surface area contributed by atoms with Gasteiger partial charge in [0.2, 0.25) is 0 Å². The Bertz CT molecular complexity index is 509. The Kier molecular flexibility index (Phi) is 11.8. The maximum absolute atomic E-state index is 8.63. The van der Waals surface area contributed by atoms with Crippen LogP contribution < -0.4 is 0 Å². The highest BCUT2D eigenvalue weighted by Crippen LogP contribution is 2.04. The van der Waals surface area contributed by atoms with Gasteiger partial charge in [-0.2, -0.15) is 0 Å². The highest BCUT2D eigenvalue weighted by atomic mass is 16.3. The van der Waals surface area contributed by atoms with Gasteiger partial charge in [-0.1, -0.05) is 54.6 Å². The first-order chi connectivity index (χ1) is 11.2. The molecular formula is C19H20O4. The smallest absolute Gasteiger partial charge is 0.115 e. The highest BCUT2D eigenvalue weighted by molar-refractivity contribution is 5.19. The molecule has 23 heavy (non-hydrogen) atoms. The lowest BCUT2D eigenvalue weighted by atomic mass is 10.3. The summed E-state index contributed by atoms with van der Waals surface area (Å²) in [5.74, 6) is 0.965. The van der Waals surface area contributed by atoms with Crippen molar-refractivity contribution in [1.29, 1.82) is 0 Å². The first kappa shape index (κ1) is 19.7. The molecular weight excluding hydrogens is 292 g/mol. The molecule has 0 aliphatic carbocycles. The normalized spacial score (nSPS) is 8.00. The van der Waals surface area contributed by atoms with Crippen molar-refractivity contribution >= 4 is 6.79 Å². The molecule has 0 saturated carbocycles. The molecule has 0 bridgehead atoms. The number of carbonyl (C=O) groups excluding carboxylic acids is 1. The van der Waals surface area contributed by atoms with Crippen molar-refractivity contribution in [2.75, 3.05) is 0 Å². The van der Waals surface area contributed by atoms with Crippen LogP contribution in [-0.4, -0.2) is 22.1 Å². The van der Waals surface area contributed by atoms with Gasteiger partial charge in [-0.25, -0.2) is 0 Å². The first-order valence-electron chi connectivity index (χ1n) is 6.69. The molecule has 0 aliphatic heterocycles.